The van der Waals surface area contributed by atoms with Crippen molar-refractivity contribution in [2.24, 2.45) is 11.8 Å². The van der Waals surface area contributed by atoms with Gasteiger partial charge in [0.2, 0.25) is 0 Å². The largest absolute Gasteiger partial charge is 0.355 e. The maximum absolute atomic E-state index is 13.8. The van der Waals surface area contributed by atoms with Crippen molar-refractivity contribution in [1.29, 1.82) is 0 Å². The molecule has 0 aliphatic carbocycles. The third-order valence-corrected chi connectivity index (χ3v) is 8.41. The summed E-state index contributed by atoms with van der Waals surface area (Å²) in [5, 5.41) is 0.582. The summed E-state index contributed by atoms with van der Waals surface area (Å²) in [5.41, 5.74) is 2.59. The highest BCUT2D eigenvalue weighted by molar-refractivity contribution is 8.26. The van der Waals surface area contributed by atoms with E-state index in [4.69, 9.17) is 28.8 Å². The summed E-state index contributed by atoms with van der Waals surface area (Å²) in [4.78, 5) is 36.3. The third kappa shape index (κ3) is 4.69. The Kier molecular flexibility index (Phi) is 6.94. The summed E-state index contributed by atoms with van der Waals surface area (Å²) in [6, 6.07) is 11.2. The molecule has 0 radical (unpaired) electrons. The number of nitrogens with zero attached hydrogens (tertiary/aromatic N) is 4. The van der Waals surface area contributed by atoms with E-state index in [1.807, 2.05) is 37.3 Å². The van der Waals surface area contributed by atoms with Gasteiger partial charge in [0.15, 0.2) is 0 Å². The van der Waals surface area contributed by atoms with Crippen LogP contribution >= 0.6 is 35.6 Å². The van der Waals surface area contributed by atoms with Crippen LogP contribution in [0.3, 0.4) is 0 Å². The first-order valence-corrected chi connectivity index (χ1v) is 13.6. The van der Waals surface area contributed by atoms with E-state index in [0.29, 0.717) is 43.1 Å². The second-order valence-corrected chi connectivity index (χ2v) is 11.8. The highest BCUT2D eigenvalue weighted by Crippen LogP contribution is 2.36. The number of hydrogen-bond donors (Lipinski definition) is 0. The molecule has 2 aliphatic heterocycles. The number of aromatic nitrogens is 2. The summed E-state index contributed by atoms with van der Waals surface area (Å²) in [6.07, 6.45) is 4.54. The maximum Gasteiger partial charge on any atom is 0.267 e. The van der Waals surface area contributed by atoms with Gasteiger partial charge in [-0.15, -0.1) is 0 Å². The second-order valence-electron chi connectivity index (χ2n) is 9.75. The first-order valence-electron chi connectivity index (χ1n) is 12.0. The molecule has 2 fully saturated rings. The van der Waals surface area contributed by atoms with Crippen molar-refractivity contribution in [2.45, 2.75) is 33.7 Å². The predicted molar refractivity (Wildman–Crippen MR) is 152 cm³/mol. The van der Waals surface area contributed by atoms with Crippen LogP contribution in [0.1, 0.15) is 37.0 Å². The molecule has 2 aromatic heterocycles. The van der Waals surface area contributed by atoms with Gasteiger partial charge in [0, 0.05) is 24.3 Å². The molecule has 2 aliphatic rings. The fourth-order valence-electron chi connectivity index (χ4n) is 5.07. The number of fused-ring (bicyclic) bond motifs is 1. The minimum Gasteiger partial charge on any atom is -0.355 e. The lowest BCUT2D eigenvalue weighted by Crippen LogP contribution is -2.40. The summed E-state index contributed by atoms with van der Waals surface area (Å²) >= 11 is 13.1. The van der Waals surface area contributed by atoms with Crippen LogP contribution in [0.15, 0.2) is 52.3 Å². The zero-order valence-corrected chi connectivity index (χ0v) is 22.8. The van der Waals surface area contributed by atoms with Gasteiger partial charge in [-0.1, -0.05) is 73.7 Å². The molecule has 1 aromatic carbocycles. The van der Waals surface area contributed by atoms with E-state index in [9.17, 15) is 9.59 Å². The lowest BCUT2D eigenvalue weighted by molar-refractivity contribution is -0.122. The molecule has 6 nitrogen and oxygen atoms in total. The van der Waals surface area contributed by atoms with Gasteiger partial charge in [-0.25, -0.2) is 4.98 Å². The lowest BCUT2D eigenvalue weighted by atomic mass is 9.91. The molecule has 36 heavy (non-hydrogen) atoms. The van der Waals surface area contributed by atoms with Crippen LogP contribution in [0.2, 0.25) is 5.02 Å². The standard InChI is InChI=1S/C27H27ClN4O2S2/c1-16-11-17(2)14-30(13-16)24-20(25(33)31-10-6-7-18(3)23(31)29-24)12-22-26(34)32(27(35)36-22)15-19-8-4-5-9-21(19)28/h4-10,12,16-17H,11,13-15H2,1-3H3. The molecule has 4 heterocycles. The number of anilines is 1. The van der Waals surface area contributed by atoms with Crippen molar-refractivity contribution in [3.63, 3.8) is 0 Å². The highest BCUT2D eigenvalue weighted by atomic mass is 35.5. The number of carbonyl (C=O) groups excluding carboxylic acids is 1. The molecule has 0 saturated carbocycles. The van der Waals surface area contributed by atoms with Gasteiger partial charge >= 0.3 is 0 Å². The van der Waals surface area contributed by atoms with E-state index < -0.39 is 0 Å². The third-order valence-electron chi connectivity index (χ3n) is 6.67. The van der Waals surface area contributed by atoms with E-state index >= 15 is 0 Å². The Labute approximate surface area is 225 Å². The number of benzene rings is 1. The number of rotatable bonds is 4. The first kappa shape index (κ1) is 25.0. The number of thiocarbonyl (C=S) groups is 1. The molecular weight excluding hydrogens is 512 g/mol. The minimum absolute atomic E-state index is 0.194. The lowest BCUT2D eigenvalue weighted by Gasteiger charge is -2.36. The van der Waals surface area contributed by atoms with Crippen molar-refractivity contribution in [1.82, 2.24) is 14.3 Å². The van der Waals surface area contributed by atoms with Crippen LogP contribution < -0.4 is 10.5 Å². The van der Waals surface area contributed by atoms with Crippen LogP contribution in [0, 0.1) is 18.8 Å². The molecule has 0 spiro atoms. The number of amides is 1. The molecule has 3 aromatic rings. The quantitative estimate of drug-likeness (QED) is 0.321. The SMILES string of the molecule is Cc1cccn2c(=O)c(C=C3SC(=S)N(Cc4ccccc4Cl)C3=O)c(N3CC(C)CC(C)C3)nc12. The number of halogens is 1. The maximum atomic E-state index is 13.8. The molecular formula is C27H27ClN4O2S2. The number of aryl methyl sites for hydroxylation is 1. The Balaban J connectivity index is 1.60. The average Bonchev–Trinajstić information content (AvgIpc) is 3.09. The van der Waals surface area contributed by atoms with Crippen molar-refractivity contribution >= 4 is 63.3 Å². The van der Waals surface area contributed by atoms with Crippen molar-refractivity contribution in [3.05, 3.63) is 79.6 Å². The van der Waals surface area contributed by atoms with Crippen LogP contribution in [0.25, 0.3) is 11.7 Å². The average molecular weight is 539 g/mol. The molecule has 0 bridgehead atoms. The fraction of sp³-hybridized carbons (Fsp3) is 0.333. The van der Waals surface area contributed by atoms with E-state index in [2.05, 4.69) is 18.7 Å². The predicted octanol–water partition coefficient (Wildman–Crippen LogP) is 5.54. The Morgan fingerprint density at radius 2 is 1.86 bits per heavy atom. The van der Waals surface area contributed by atoms with E-state index in [1.54, 1.807) is 22.7 Å². The first-order chi connectivity index (χ1) is 17.2. The molecule has 2 unspecified atom stereocenters. The van der Waals surface area contributed by atoms with Crippen LogP contribution in [-0.4, -0.2) is 37.6 Å². The number of piperidine rings is 1. The van der Waals surface area contributed by atoms with Gasteiger partial charge in [-0.05, 0) is 54.5 Å². The molecule has 1 amide bonds. The van der Waals surface area contributed by atoms with Gasteiger partial charge in [0.25, 0.3) is 11.5 Å². The Morgan fingerprint density at radius 3 is 2.58 bits per heavy atom. The van der Waals surface area contributed by atoms with Gasteiger partial charge in [-0.3, -0.25) is 18.9 Å². The number of pyridine rings is 1. The summed E-state index contributed by atoms with van der Waals surface area (Å²) < 4.78 is 2.00. The normalized spacial score (nSPS) is 21.7. The number of carbonyl (C=O) groups is 1. The van der Waals surface area contributed by atoms with Crippen molar-refractivity contribution < 1.29 is 4.79 Å². The van der Waals surface area contributed by atoms with Gasteiger partial charge < -0.3 is 4.90 Å². The minimum atomic E-state index is -0.231. The van der Waals surface area contributed by atoms with Gasteiger partial charge in [0.1, 0.15) is 15.8 Å². The van der Waals surface area contributed by atoms with E-state index in [-0.39, 0.29) is 18.0 Å². The van der Waals surface area contributed by atoms with Crippen LogP contribution in [0.5, 0.6) is 0 Å². The topological polar surface area (TPSA) is 57.9 Å². The smallest absolute Gasteiger partial charge is 0.267 e. The van der Waals surface area contributed by atoms with Crippen molar-refractivity contribution in [2.75, 3.05) is 18.0 Å². The Morgan fingerprint density at radius 1 is 1.14 bits per heavy atom. The van der Waals surface area contributed by atoms with Gasteiger partial charge in [0.05, 0.1) is 17.0 Å². The zero-order chi connectivity index (χ0) is 25.6. The summed E-state index contributed by atoms with van der Waals surface area (Å²) in [5.74, 6) is 1.36. The summed E-state index contributed by atoms with van der Waals surface area (Å²) in [7, 11) is 0. The second kappa shape index (κ2) is 10.00. The Hall–Kier alpha value is -2.68. The molecule has 2 saturated heterocycles. The molecule has 9 heteroatoms. The molecule has 0 N–H and O–H groups in total. The zero-order valence-electron chi connectivity index (χ0n) is 20.4. The molecule has 2 atom stereocenters. The van der Waals surface area contributed by atoms with Crippen LogP contribution in [0.4, 0.5) is 5.82 Å². The van der Waals surface area contributed by atoms with E-state index in [1.165, 1.54) is 16.7 Å². The number of thioether (sulfide) groups is 1. The fourth-order valence-corrected chi connectivity index (χ4v) is 6.50. The Bertz CT molecular complexity index is 1460. The highest BCUT2D eigenvalue weighted by Gasteiger charge is 2.34. The molecule has 5 rings (SSSR count). The molecule has 186 valence electrons. The summed E-state index contributed by atoms with van der Waals surface area (Å²) in [6.45, 7) is 8.30. The van der Waals surface area contributed by atoms with Gasteiger partial charge in [-0.2, -0.15) is 0 Å². The van der Waals surface area contributed by atoms with Crippen LogP contribution in [-0.2, 0) is 11.3 Å². The monoisotopic (exact) mass is 538 g/mol. The number of hydrogen-bond acceptors (Lipinski definition) is 6. The van der Waals surface area contributed by atoms with E-state index in [0.717, 1.165) is 30.6 Å². The van der Waals surface area contributed by atoms with Crippen molar-refractivity contribution in [3.8, 4) is 0 Å².